The Bertz CT molecular complexity index is 1230. The molecule has 2 fully saturated rings. The Morgan fingerprint density at radius 3 is 2.78 bits per heavy atom. The number of rotatable bonds is 7. The Morgan fingerprint density at radius 1 is 1.30 bits per heavy atom. The smallest absolute Gasteiger partial charge is 0.307 e. The number of anilines is 1. The van der Waals surface area contributed by atoms with Gasteiger partial charge in [0.05, 0.1) is 37.0 Å². The molecule has 0 saturated carbocycles. The SMILES string of the molecule is COC(=O)CC(C#N)C(=NC1CCCCN(CC(=O)N2CCCC2)C1=O)Nc1n[nH]c2cccc(F)c12. The molecule has 2 amide bonds. The molecule has 196 valence electrons. The molecule has 3 heterocycles. The molecule has 2 N–H and O–H groups in total. The van der Waals surface area contributed by atoms with Crippen molar-refractivity contribution in [2.75, 3.05) is 38.6 Å². The number of amides is 2. The summed E-state index contributed by atoms with van der Waals surface area (Å²) in [5.41, 5.74) is 0.431. The van der Waals surface area contributed by atoms with Crippen LogP contribution >= 0.6 is 0 Å². The molecule has 12 heteroatoms. The fourth-order valence-corrected chi connectivity index (χ4v) is 4.66. The number of aromatic nitrogens is 2. The Balaban J connectivity index is 1.64. The number of nitrogens with one attached hydrogen (secondary N) is 2. The van der Waals surface area contributed by atoms with Crippen molar-refractivity contribution in [1.82, 2.24) is 20.0 Å². The molecule has 2 saturated heterocycles. The topological polar surface area (TPSA) is 144 Å². The van der Waals surface area contributed by atoms with Crippen LogP contribution < -0.4 is 5.32 Å². The lowest BCUT2D eigenvalue weighted by Gasteiger charge is -2.25. The second-order valence-electron chi connectivity index (χ2n) is 9.20. The molecule has 37 heavy (non-hydrogen) atoms. The van der Waals surface area contributed by atoms with Gasteiger partial charge in [-0.25, -0.2) is 4.39 Å². The number of nitriles is 1. The van der Waals surface area contributed by atoms with E-state index in [1.54, 1.807) is 11.0 Å². The molecule has 4 rings (SSSR count). The molecule has 0 spiro atoms. The Labute approximate surface area is 213 Å². The standard InChI is InChI=1S/C25H30FN7O4/c1-37-21(35)13-16(14-27)23(29-24-22-17(26)7-6-9-18(22)30-31-24)28-19-8-2-3-12-33(25(19)36)15-20(34)32-10-4-5-11-32/h6-7,9,16,19H,2-5,8,10-13,15H2,1H3,(H2,28,29,30,31). The number of fused-ring (bicyclic) bond motifs is 1. The van der Waals surface area contributed by atoms with E-state index in [9.17, 15) is 24.0 Å². The number of halogens is 1. The maximum atomic E-state index is 14.6. The molecule has 1 aromatic heterocycles. The number of methoxy groups -OCH3 is 1. The highest BCUT2D eigenvalue weighted by Gasteiger charge is 2.32. The largest absolute Gasteiger partial charge is 0.469 e. The molecule has 2 aliphatic heterocycles. The van der Waals surface area contributed by atoms with Crippen LogP contribution in [0.1, 0.15) is 38.5 Å². The van der Waals surface area contributed by atoms with Gasteiger partial charge in [0, 0.05) is 19.6 Å². The predicted octanol–water partition coefficient (Wildman–Crippen LogP) is 2.22. The van der Waals surface area contributed by atoms with Crippen LogP contribution in [0.15, 0.2) is 23.2 Å². The molecular weight excluding hydrogens is 481 g/mol. The summed E-state index contributed by atoms with van der Waals surface area (Å²) in [7, 11) is 1.21. The summed E-state index contributed by atoms with van der Waals surface area (Å²) >= 11 is 0. The van der Waals surface area contributed by atoms with Crippen LogP contribution in [-0.2, 0) is 19.1 Å². The van der Waals surface area contributed by atoms with E-state index >= 15 is 0 Å². The minimum atomic E-state index is -1.10. The van der Waals surface area contributed by atoms with E-state index in [-0.39, 0.29) is 41.8 Å². The van der Waals surface area contributed by atoms with Gasteiger partial charge < -0.3 is 19.9 Å². The van der Waals surface area contributed by atoms with Gasteiger partial charge in [-0.05, 0) is 44.2 Å². The molecule has 2 aromatic rings. The van der Waals surface area contributed by atoms with Crippen LogP contribution in [0.25, 0.3) is 10.9 Å². The van der Waals surface area contributed by atoms with E-state index < -0.39 is 23.7 Å². The number of esters is 1. The van der Waals surface area contributed by atoms with Crippen molar-refractivity contribution in [3.63, 3.8) is 0 Å². The number of ether oxygens (including phenoxy) is 1. The molecule has 0 bridgehead atoms. The van der Waals surface area contributed by atoms with Gasteiger partial charge in [0.25, 0.3) is 0 Å². The second kappa shape index (κ2) is 11.8. The normalized spacial score (nSPS) is 19.4. The van der Waals surface area contributed by atoms with Crippen molar-refractivity contribution < 1.29 is 23.5 Å². The molecule has 0 radical (unpaired) electrons. The number of aliphatic imine (C=N–C) groups is 1. The summed E-state index contributed by atoms with van der Waals surface area (Å²) in [6.45, 7) is 1.81. The molecule has 1 aromatic carbocycles. The number of amidine groups is 1. The van der Waals surface area contributed by atoms with Crippen LogP contribution in [0.4, 0.5) is 10.2 Å². The van der Waals surface area contributed by atoms with E-state index in [2.05, 4.69) is 20.5 Å². The molecule has 2 atom stereocenters. The highest BCUT2D eigenvalue weighted by Crippen LogP contribution is 2.25. The highest BCUT2D eigenvalue weighted by molar-refractivity contribution is 6.06. The lowest BCUT2D eigenvalue weighted by Crippen LogP contribution is -2.45. The van der Waals surface area contributed by atoms with Crippen LogP contribution in [-0.4, -0.2) is 82.9 Å². The Morgan fingerprint density at radius 2 is 2.05 bits per heavy atom. The quantitative estimate of drug-likeness (QED) is 0.329. The fourth-order valence-electron chi connectivity index (χ4n) is 4.66. The summed E-state index contributed by atoms with van der Waals surface area (Å²) in [4.78, 5) is 46.1. The predicted molar refractivity (Wildman–Crippen MR) is 133 cm³/mol. The number of H-pyrrole nitrogens is 1. The molecule has 2 unspecified atom stereocenters. The number of hydrogen-bond acceptors (Lipinski definition) is 7. The summed E-state index contributed by atoms with van der Waals surface area (Å²) in [5, 5.41) is 19.8. The van der Waals surface area contributed by atoms with E-state index in [0.717, 1.165) is 12.8 Å². The number of aromatic amines is 1. The lowest BCUT2D eigenvalue weighted by atomic mass is 10.0. The van der Waals surface area contributed by atoms with Gasteiger partial charge in [0.15, 0.2) is 5.82 Å². The van der Waals surface area contributed by atoms with Crippen molar-refractivity contribution in [3.05, 3.63) is 24.0 Å². The van der Waals surface area contributed by atoms with E-state index in [1.807, 2.05) is 6.07 Å². The molecule has 2 aliphatic rings. The first kappa shape index (κ1) is 26.1. The minimum Gasteiger partial charge on any atom is -0.469 e. The summed E-state index contributed by atoms with van der Waals surface area (Å²) in [5.74, 6) is -2.59. The number of carbonyl (C=O) groups is 3. The first-order valence-electron chi connectivity index (χ1n) is 12.4. The van der Waals surface area contributed by atoms with Crippen molar-refractivity contribution in [1.29, 1.82) is 5.26 Å². The van der Waals surface area contributed by atoms with Crippen LogP contribution in [0.3, 0.4) is 0 Å². The first-order valence-corrected chi connectivity index (χ1v) is 12.4. The van der Waals surface area contributed by atoms with Crippen molar-refractivity contribution in [2.24, 2.45) is 10.9 Å². The van der Waals surface area contributed by atoms with Crippen molar-refractivity contribution in [2.45, 2.75) is 44.6 Å². The van der Waals surface area contributed by atoms with Crippen LogP contribution in [0.5, 0.6) is 0 Å². The van der Waals surface area contributed by atoms with Gasteiger partial charge in [-0.15, -0.1) is 0 Å². The van der Waals surface area contributed by atoms with Crippen LogP contribution in [0, 0.1) is 23.1 Å². The van der Waals surface area contributed by atoms with Gasteiger partial charge in [0.1, 0.15) is 23.6 Å². The van der Waals surface area contributed by atoms with Crippen molar-refractivity contribution in [3.8, 4) is 6.07 Å². The number of nitrogens with zero attached hydrogens (tertiary/aromatic N) is 5. The van der Waals surface area contributed by atoms with Crippen LogP contribution in [0.2, 0.25) is 0 Å². The lowest BCUT2D eigenvalue weighted by molar-refractivity contribution is -0.140. The highest BCUT2D eigenvalue weighted by atomic mass is 19.1. The fraction of sp³-hybridized carbons (Fsp3) is 0.520. The monoisotopic (exact) mass is 511 g/mol. The molecular formula is C25H30FN7O4. The minimum absolute atomic E-state index is 0.00984. The number of carbonyl (C=O) groups excluding carboxylic acids is 3. The van der Waals surface area contributed by atoms with E-state index in [0.29, 0.717) is 44.4 Å². The van der Waals surface area contributed by atoms with E-state index in [4.69, 9.17) is 4.74 Å². The summed E-state index contributed by atoms with van der Waals surface area (Å²) < 4.78 is 19.3. The van der Waals surface area contributed by atoms with Gasteiger partial charge >= 0.3 is 5.97 Å². The number of hydrogen-bond donors (Lipinski definition) is 2. The van der Waals surface area contributed by atoms with E-state index in [1.165, 1.54) is 24.1 Å². The maximum absolute atomic E-state index is 14.6. The Hall–Kier alpha value is -4.01. The summed E-state index contributed by atoms with van der Waals surface area (Å²) in [6.07, 6.45) is 3.41. The number of benzene rings is 1. The maximum Gasteiger partial charge on any atom is 0.307 e. The molecule has 11 nitrogen and oxygen atoms in total. The average molecular weight is 512 g/mol. The van der Waals surface area contributed by atoms with Crippen molar-refractivity contribution >= 4 is 40.3 Å². The van der Waals surface area contributed by atoms with Gasteiger partial charge in [-0.3, -0.25) is 24.5 Å². The first-order chi connectivity index (χ1) is 17.9. The second-order valence-corrected chi connectivity index (χ2v) is 9.20. The zero-order valence-corrected chi connectivity index (χ0v) is 20.7. The number of likely N-dealkylation sites (tertiary alicyclic amines) is 2. The molecule has 0 aliphatic carbocycles. The average Bonchev–Trinajstić information content (AvgIpc) is 3.55. The third-order valence-electron chi connectivity index (χ3n) is 6.70. The zero-order chi connectivity index (χ0) is 26.4. The Kier molecular flexibility index (Phi) is 8.32. The third kappa shape index (κ3) is 6.04. The van der Waals surface area contributed by atoms with Gasteiger partial charge in [-0.1, -0.05) is 6.07 Å². The third-order valence-corrected chi connectivity index (χ3v) is 6.70. The zero-order valence-electron chi connectivity index (χ0n) is 20.7. The van der Waals surface area contributed by atoms with Gasteiger partial charge in [0.2, 0.25) is 11.8 Å². The summed E-state index contributed by atoms with van der Waals surface area (Å²) in [6, 6.07) is 5.61. The van der Waals surface area contributed by atoms with Gasteiger partial charge in [-0.2, -0.15) is 10.4 Å².